The number of rotatable bonds is 10. The molecule has 226 valence electrons. The fraction of sp³-hybridized carbons (Fsp3) is 0.333. The fourth-order valence-electron chi connectivity index (χ4n) is 4.88. The van der Waals surface area contributed by atoms with E-state index in [0.29, 0.717) is 45.5 Å². The van der Waals surface area contributed by atoms with E-state index in [9.17, 15) is 32.2 Å². The van der Waals surface area contributed by atoms with Crippen molar-refractivity contribution in [2.75, 3.05) is 0 Å². The molecule has 0 radical (unpaired) electrons. The number of carboxylic acid groups (broad SMARTS) is 1. The molecule has 43 heavy (non-hydrogen) atoms. The zero-order chi connectivity index (χ0) is 31.3. The van der Waals surface area contributed by atoms with Crippen molar-refractivity contribution in [2.45, 2.75) is 57.8 Å². The molecule has 1 aliphatic carbocycles. The minimum Gasteiger partial charge on any atom is -0.593 e. The SMILES string of the molecule is CC(C)(C)CC(=O)c1cc(-c2nn(-c3nc(C(=O)O)cs3)c(CC3CC3)c2Cc2ccc([S+](N)(=O)[O-])c(F)c2)ccc1F. The van der Waals surface area contributed by atoms with Crippen molar-refractivity contribution in [1.29, 1.82) is 0 Å². The predicted octanol–water partition coefficient (Wildman–Crippen LogP) is 6.00. The number of hydrogen-bond acceptors (Lipinski definition) is 7. The van der Waals surface area contributed by atoms with Gasteiger partial charge in [0.15, 0.2) is 27.7 Å². The highest BCUT2D eigenvalue weighted by Crippen LogP contribution is 2.39. The molecule has 1 saturated carbocycles. The number of sulfonamides is 1. The number of carboxylic acids is 1. The van der Waals surface area contributed by atoms with Gasteiger partial charge >= 0.3 is 5.97 Å². The van der Waals surface area contributed by atoms with Gasteiger partial charge in [-0.05, 0) is 66.5 Å². The maximum atomic E-state index is 14.9. The lowest BCUT2D eigenvalue weighted by molar-refractivity contribution is 0.0691. The van der Waals surface area contributed by atoms with E-state index in [1.165, 1.54) is 29.6 Å². The number of thiazole rings is 1. The van der Waals surface area contributed by atoms with Crippen LogP contribution in [0.5, 0.6) is 0 Å². The molecule has 13 heteroatoms. The van der Waals surface area contributed by atoms with Crippen LogP contribution in [-0.4, -0.2) is 36.2 Å². The van der Waals surface area contributed by atoms with E-state index in [0.717, 1.165) is 36.3 Å². The van der Waals surface area contributed by atoms with Gasteiger partial charge in [-0.25, -0.2) is 23.2 Å². The third kappa shape index (κ3) is 6.96. The number of carbonyl (C=O) groups is 2. The Hall–Kier alpha value is -3.65. The number of ketones is 1. The first-order valence-corrected chi connectivity index (χ1v) is 16.0. The van der Waals surface area contributed by atoms with Gasteiger partial charge in [0.05, 0.1) is 17.0 Å². The standard InChI is InChI=1S/C30H30F2N4O5S2/c1-30(2,3)14-25(37)19-13-18(7-8-21(19)31)27-20(10-17-6-9-26(22(32)11-17)43(33,40)41)24(12-16-4-5-16)36(35-27)29-34-23(15-42-29)28(38)39/h6-9,11,13,15-16H,4-5,10,12,14H2,1-3H3,(H3-,33,38,39,40,41). The number of Topliss-reactive ketones (excluding diaryl/α,β-unsaturated/α-hetero) is 1. The van der Waals surface area contributed by atoms with Gasteiger partial charge in [-0.2, -0.15) is 5.10 Å². The summed E-state index contributed by atoms with van der Waals surface area (Å²) >= 11 is 1.09. The van der Waals surface area contributed by atoms with E-state index >= 15 is 0 Å². The first kappa shape index (κ1) is 30.8. The van der Waals surface area contributed by atoms with Crippen molar-refractivity contribution in [1.82, 2.24) is 14.8 Å². The van der Waals surface area contributed by atoms with Crippen molar-refractivity contribution < 1.29 is 32.2 Å². The number of benzene rings is 2. The lowest BCUT2D eigenvalue weighted by atomic mass is 9.87. The molecular weight excluding hydrogens is 598 g/mol. The van der Waals surface area contributed by atoms with Crippen LogP contribution < -0.4 is 5.14 Å². The summed E-state index contributed by atoms with van der Waals surface area (Å²) in [5.41, 5.74) is 2.03. The smallest absolute Gasteiger partial charge is 0.355 e. The molecule has 2 aromatic carbocycles. The number of aromatic carboxylic acids is 1. The molecule has 0 bridgehead atoms. The van der Waals surface area contributed by atoms with Crippen LogP contribution in [0.25, 0.3) is 16.4 Å². The van der Waals surface area contributed by atoms with E-state index in [1.807, 2.05) is 20.8 Å². The van der Waals surface area contributed by atoms with Crippen LogP contribution >= 0.6 is 11.3 Å². The molecule has 3 N–H and O–H groups in total. The molecule has 4 aromatic rings. The highest BCUT2D eigenvalue weighted by molar-refractivity contribution is 7.95. The summed E-state index contributed by atoms with van der Waals surface area (Å²) in [7, 11) is -4.27. The van der Waals surface area contributed by atoms with Crippen LogP contribution in [0, 0.1) is 23.0 Å². The normalized spacial score (nSPS) is 15.0. The topological polar surface area (TPSA) is 151 Å². The molecule has 5 rings (SSSR count). The van der Waals surface area contributed by atoms with Gasteiger partial charge in [0.2, 0.25) is 10.0 Å². The van der Waals surface area contributed by atoms with E-state index in [2.05, 4.69) is 4.98 Å². The first-order chi connectivity index (χ1) is 20.1. The molecule has 2 aromatic heterocycles. The average molecular weight is 629 g/mol. The van der Waals surface area contributed by atoms with E-state index < -0.39 is 32.9 Å². The zero-order valence-electron chi connectivity index (χ0n) is 23.7. The van der Waals surface area contributed by atoms with Gasteiger partial charge in [0.25, 0.3) is 0 Å². The van der Waals surface area contributed by atoms with Crippen LogP contribution in [-0.2, 0) is 27.5 Å². The van der Waals surface area contributed by atoms with Crippen LogP contribution in [0.1, 0.15) is 77.7 Å². The Bertz CT molecular complexity index is 1780. The Morgan fingerprint density at radius 3 is 2.47 bits per heavy atom. The maximum Gasteiger partial charge on any atom is 0.355 e. The molecule has 0 amide bonds. The Labute approximate surface area is 252 Å². The highest BCUT2D eigenvalue weighted by Gasteiger charge is 2.30. The molecule has 1 atom stereocenters. The van der Waals surface area contributed by atoms with Gasteiger partial charge in [0, 0.05) is 29.3 Å². The summed E-state index contributed by atoms with van der Waals surface area (Å²) in [6.07, 6.45) is 2.77. The van der Waals surface area contributed by atoms with Gasteiger partial charge in [-0.1, -0.05) is 31.0 Å². The predicted molar refractivity (Wildman–Crippen MR) is 157 cm³/mol. The van der Waals surface area contributed by atoms with E-state index in [4.69, 9.17) is 10.2 Å². The first-order valence-electron chi connectivity index (χ1n) is 13.5. The van der Waals surface area contributed by atoms with Crippen LogP contribution in [0.15, 0.2) is 46.7 Å². The number of nitrogens with two attached hydrogens (primary N) is 1. The van der Waals surface area contributed by atoms with Crippen LogP contribution in [0.3, 0.4) is 0 Å². The highest BCUT2D eigenvalue weighted by atomic mass is 32.3. The van der Waals surface area contributed by atoms with Gasteiger partial charge in [0.1, 0.15) is 5.82 Å². The third-order valence-corrected chi connectivity index (χ3v) is 8.84. The molecule has 0 saturated heterocycles. The molecule has 1 aliphatic rings. The Balaban J connectivity index is 1.69. The molecule has 0 aliphatic heterocycles. The lowest BCUT2D eigenvalue weighted by Gasteiger charge is -2.17. The van der Waals surface area contributed by atoms with Crippen molar-refractivity contribution in [2.24, 2.45) is 16.5 Å². The molecule has 1 unspecified atom stereocenters. The zero-order valence-corrected chi connectivity index (χ0v) is 25.4. The molecule has 1 fully saturated rings. The summed E-state index contributed by atoms with van der Waals surface area (Å²) in [6, 6.07) is 7.83. The minimum atomic E-state index is -4.27. The third-order valence-electron chi connectivity index (χ3n) is 7.08. The molecule has 0 spiro atoms. The Kier molecular flexibility index (Phi) is 8.20. The van der Waals surface area contributed by atoms with E-state index in [-0.39, 0.29) is 35.3 Å². The second-order valence-corrected chi connectivity index (χ2v) is 14.4. The number of nitrogens with zero attached hydrogens (tertiary/aromatic N) is 3. The van der Waals surface area contributed by atoms with Gasteiger partial charge in [-0.15, -0.1) is 16.5 Å². The summed E-state index contributed by atoms with van der Waals surface area (Å²) < 4.78 is 54.9. The summed E-state index contributed by atoms with van der Waals surface area (Å²) in [6.45, 7) is 5.66. The second-order valence-electron chi connectivity index (χ2n) is 12.0. The minimum absolute atomic E-state index is 0.0809. The number of hydrogen-bond donors (Lipinski definition) is 2. The van der Waals surface area contributed by atoms with Gasteiger partial charge in [-0.3, -0.25) is 4.79 Å². The van der Waals surface area contributed by atoms with Crippen molar-refractivity contribution in [3.63, 3.8) is 0 Å². The number of primary sulfonamides is 1. The Morgan fingerprint density at radius 1 is 1.16 bits per heavy atom. The number of carbonyl (C=O) groups excluding carboxylic acids is 1. The number of halogens is 2. The summed E-state index contributed by atoms with van der Waals surface area (Å²) in [4.78, 5) is 28.3. The quantitative estimate of drug-likeness (QED) is 0.162. The van der Waals surface area contributed by atoms with E-state index in [1.54, 1.807) is 4.68 Å². The molecular formula is C30H30F2N4O5S2. The van der Waals surface area contributed by atoms with Crippen molar-refractivity contribution in [3.05, 3.63) is 81.5 Å². The number of aromatic nitrogens is 3. The molecule has 9 nitrogen and oxygen atoms in total. The second kappa shape index (κ2) is 11.5. The van der Waals surface area contributed by atoms with Crippen LogP contribution in [0.2, 0.25) is 0 Å². The Morgan fingerprint density at radius 2 is 1.88 bits per heavy atom. The fourth-order valence-corrected chi connectivity index (χ4v) is 6.24. The maximum absolute atomic E-state index is 14.9. The monoisotopic (exact) mass is 628 g/mol. The summed E-state index contributed by atoms with van der Waals surface area (Å²) in [5, 5.41) is 21.1. The lowest BCUT2D eigenvalue weighted by Crippen LogP contribution is -2.22. The van der Waals surface area contributed by atoms with Crippen molar-refractivity contribution >= 4 is 33.5 Å². The van der Waals surface area contributed by atoms with Crippen molar-refractivity contribution in [3.8, 4) is 16.4 Å². The summed E-state index contributed by atoms with van der Waals surface area (Å²) in [5.74, 6) is -2.87. The largest absolute Gasteiger partial charge is 0.593 e. The van der Waals surface area contributed by atoms with Crippen LogP contribution in [0.4, 0.5) is 8.78 Å². The average Bonchev–Trinajstić information content (AvgIpc) is 3.45. The molecule has 2 heterocycles. The van der Waals surface area contributed by atoms with Gasteiger partial charge < -0.3 is 9.66 Å².